The van der Waals surface area contributed by atoms with E-state index in [0.717, 1.165) is 16.3 Å². The molecule has 0 amide bonds. The van der Waals surface area contributed by atoms with Gasteiger partial charge in [-0.1, -0.05) is 17.4 Å². The van der Waals surface area contributed by atoms with Crippen molar-refractivity contribution in [3.05, 3.63) is 29.3 Å². The lowest BCUT2D eigenvalue weighted by atomic mass is 10.1. The van der Waals surface area contributed by atoms with Gasteiger partial charge in [-0.3, -0.25) is 0 Å². The summed E-state index contributed by atoms with van der Waals surface area (Å²) in [5, 5.41) is 0. The van der Waals surface area contributed by atoms with Crippen LogP contribution < -0.4 is 4.52 Å². The molecule has 0 saturated heterocycles. The van der Waals surface area contributed by atoms with Gasteiger partial charge in [0.25, 0.3) is 0 Å². The number of halogens is 6. The summed E-state index contributed by atoms with van der Waals surface area (Å²) in [5.41, 5.74) is -2.80. The highest BCUT2D eigenvalue weighted by atomic mass is 32.9. The van der Waals surface area contributed by atoms with Gasteiger partial charge in [0.2, 0.25) is 0 Å². The third-order valence-corrected chi connectivity index (χ3v) is 7.54. The molecule has 120 valence electrons. The molecule has 0 fully saturated rings. The first-order valence-corrected chi connectivity index (χ1v) is 11.3. The van der Waals surface area contributed by atoms with E-state index in [4.69, 9.17) is 16.3 Å². The summed E-state index contributed by atoms with van der Waals surface area (Å²) in [6.45, 7) is 0. The molecule has 0 aliphatic carbocycles. The predicted molar refractivity (Wildman–Crippen MR) is 80.0 cm³/mol. The Labute approximate surface area is 130 Å². The molecule has 0 N–H and O–H groups in total. The fourth-order valence-electron chi connectivity index (χ4n) is 1.30. The minimum Gasteiger partial charge on any atom is -0.459 e. The molecule has 0 radical (unpaired) electrons. The van der Waals surface area contributed by atoms with E-state index in [2.05, 4.69) is 0 Å². The van der Waals surface area contributed by atoms with Crippen LogP contribution in [0.25, 0.3) is 0 Å². The van der Waals surface area contributed by atoms with Gasteiger partial charge in [0.1, 0.15) is 5.75 Å². The number of rotatable bonds is 5. The van der Waals surface area contributed by atoms with Crippen LogP contribution in [0.2, 0.25) is 6.04 Å². The highest BCUT2D eigenvalue weighted by Gasteiger charge is 2.37. The highest BCUT2D eigenvalue weighted by Crippen LogP contribution is 2.44. The molecule has 1 unspecified atom stereocenters. The molecule has 0 spiro atoms. The number of alkyl halides is 6. The van der Waals surface area contributed by atoms with E-state index in [0.29, 0.717) is 17.9 Å². The predicted octanol–water partition coefficient (Wildman–Crippen LogP) is 4.13. The molecular formula is C10H11F6OPS2Si. The molecule has 0 heterocycles. The van der Waals surface area contributed by atoms with Crippen LogP contribution in [0.4, 0.5) is 26.3 Å². The first kappa shape index (κ1) is 18.9. The van der Waals surface area contributed by atoms with Crippen molar-refractivity contribution < 1.29 is 30.9 Å². The molecule has 0 aliphatic heterocycles. The van der Waals surface area contributed by atoms with E-state index in [1.807, 2.05) is 0 Å². The molecule has 0 aliphatic rings. The number of hydrogen-bond acceptors (Lipinski definition) is 3. The van der Waals surface area contributed by atoms with Crippen molar-refractivity contribution in [1.29, 1.82) is 0 Å². The summed E-state index contributed by atoms with van der Waals surface area (Å²) in [7, 11) is 0.948. The number of benzene rings is 1. The summed E-state index contributed by atoms with van der Waals surface area (Å²) in [6.07, 6.45) is -11.7. The number of hydrogen-bond donors (Lipinski definition) is 0. The Morgan fingerprint density at radius 1 is 1.05 bits per heavy atom. The lowest BCUT2D eigenvalue weighted by Gasteiger charge is -2.15. The second-order valence-corrected chi connectivity index (χ2v) is 10.2. The lowest BCUT2D eigenvalue weighted by Crippen LogP contribution is -2.10. The Morgan fingerprint density at radius 2 is 1.52 bits per heavy atom. The molecule has 1 aromatic rings. The average molecular weight is 384 g/mol. The monoisotopic (exact) mass is 384 g/mol. The Hall–Kier alpha value is -0.183. The van der Waals surface area contributed by atoms with Crippen LogP contribution in [0.1, 0.15) is 11.1 Å². The zero-order valence-electron chi connectivity index (χ0n) is 10.6. The Morgan fingerprint density at radius 3 is 1.90 bits per heavy atom. The smallest absolute Gasteiger partial charge is 0.416 e. The van der Waals surface area contributed by atoms with Gasteiger partial charge in [-0.15, -0.1) is 0 Å². The van der Waals surface area contributed by atoms with Crippen LogP contribution >= 0.6 is 17.5 Å². The van der Waals surface area contributed by atoms with Crippen molar-refractivity contribution in [1.82, 2.24) is 0 Å². The molecule has 11 heteroatoms. The van der Waals surface area contributed by atoms with Gasteiger partial charge >= 0.3 is 12.4 Å². The van der Waals surface area contributed by atoms with E-state index in [1.54, 1.807) is 0 Å². The quantitative estimate of drug-likeness (QED) is 0.429. The largest absolute Gasteiger partial charge is 0.459 e. The zero-order valence-corrected chi connectivity index (χ0v) is 15.3. The van der Waals surface area contributed by atoms with E-state index in [9.17, 15) is 26.3 Å². The molecule has 1 rings (SSSR count). The normalized spacial score (nSPS) is 14.2. The SMILES string of the molecule is FC(F)(F)c1cc(O[PH](=S)SCC[SiH3])cc(C(F)(F)F)c1. The maximum atomic E-state index is 12.6. The van der Waals surface area contributed by atoms with Crippen LogP contribution in [-0.2, 0) is 24.2 Å². The first-order chi connectivity index (χ1) is 9.54. The third kappa shape index (κ3) is 6.21. The molecule has 1 aromatic carbocycles. The summed E-state index contributed by atoms with van der Waals surface area (Å²) >= 11 is 6.22. The van der Waals surface area contributed by atoms with Crippen molar-refractivity contribution in [3.63, 3.8) is 0 Å². The van der Waals surface area contributed by atoms with E-state index in [-0.39, 0.29) is 6.07 Å². The summed E-state index contributed by atoms with van der Waals surface area (Å²) in [5.74, 6) is 0.219. The minimum absolute atomic E-state index is 0.0629. The van der Waals surface area contributed by atoms with E-state index >= 15 is 0 Å². The molecule has 1 atom stereocenters. The van der Waals surface area contributed by atoms with E-state index in [1.165, 1.54) is 11.4 Å². The van der Waals surface area contributed by atoms with Gasteiger partial charge < -0.3 is 4.52 Å². The molecule has 1 nitrogen and oxygen atoms in total. The van der Waals surface area contributed by atoms with Crippen molar-refractivity contribution in [2.24, 2.45) is 0 Å². The zero-order chi connectivity index (χ0) is 16.3. The lowest BCUT2D eigenvalue weighted by molar-refractivity contribution is -0.143. The molecule has 21 heavy (non-hydrogen) atoms. The fraction of sp³-hybridized carbons (Fsp3) is 0.400. The van der Waals surface area contributed by atoms with Gasteiger partial charge in [-0.25, -0.2) is 0 Å². The first-order valence-electron chi connectivity index (χ1n) is 5.68. The van der Waals surface area contributed by atoms with Crippen LogP contribution in [0.15, 0.2) is 18.2 Å². The highest BCUT2D eigenvalue weighted by molar-refractivity contribution is 8.62. The van der Waals surface area contributed by atoms with Crippen molar-refractivity contribution >= 4 is 39.6 Å². The van der Waals surface area contributed by atoms with Crippen LogP contribution in [0, 0.1) is 0 Å². The van der Waals surface area contributed by atoms with Crippen molar-refractivity contribution in [2.45, 2.75) is 18.4 Å². The van der Waals surface area contributed by atoms with Crippen molar-refractivity contribution in [2.75, 3.05) is 5.75 Å². The average Bonchev–Trinajstić information content (AvgIpc) is 2.34. The Kier molecular flexibility index (Phi) is 6.64. The summed E-state index contributed by atoms with van der Waals surface area (Å²) in [6, 6.07) is 2.09. The Balaban J connectivity index is 3.11. The minimum atomic E-state index is -4.88. The summed E-state index contributed by atoms with van der Waals surface area (Å²) < 4.78 is 80.9. The van der Waals surface area contributed by atoms with Gasteiger partial charge in [-0.2, -0.15) is 26.3 Å². The molecule has 0 bridgehead atoms. The third-order valence-electron chi connectivity index (χ3n) is 2.19. The van der Waals surface area contributed by atoms with Crippen LogP contribution in [-0.4, -0.2) is 16.0 Å². The van der Waals surface area contributed by atoms with Gasteiger partial charge in [0, 0.05) is 10.2 Å². The van der Waals surface area contributed by atoms with E-state index < -0.39 is 35.4 Å². The maximum Gasteiger partial charge on any atom is 0.416 e. The van der Waals surface area contributed by atoms with Crippen molar-refractivity contribution in [3.8, 4) is 5.75 Å². The van der Waals surface area contributed by atoms with Gasteiger partial charge in [0.15, 0.2) is 6.13 Å². The maximum absolute atomic E-state index is 12.6. The standard InChI is InChI=1S/C10H11F6OPS2Si/c11-9(12,13)6-3-7(10(14,15)16)5-8(4-6)17-18(19)20-1-2-21/h3-5,18H,1-2H2,21H3. The molecule has 0 saturated carbocycles. The molecule has 0 aromatic heterocycles. The fourth-order valence-corrected chi connectivity index (χ4v) is 6.49. The van der Waals surface area contributed by atoms with Gasteiger partial charge in [-0.05, 0) is 35.8 Å². The Bertz CT molecular complexity index is 487. The second kappa shape index (κ2) is 7.39. The van der Waals surface area contributed by atoms with Crippen LogP contribution in [0.3, 0.4) is 0 Å². The summed E-state index contributed by atoms with van der Waals surface area (Å²) in [4.78, 5) is 0. The van der Waals surface area contributed by atoms with Gasteiger partial charge in [0.05, 0.1) is 11.1 Å². The topological polar surface area (TPSA) is 9.23 Å². The second-order valence-electron chi connectivity index (χ2n) is 3.94. The molecular weight excluding hydrogens is 373 g/mol. The van der Waals surface area contributed by atoms with Crippen LogP contribution in [0.5, 0.6) is 5.75 Å².